The van der Waals surface area contributed by atoms with Gasteiger partial charge in [-0.2, -0.15) is 0 Å². The predicted molar refractivity (Wildman–Crippen MR) is 82.6 cm³/mol. The number of rotatable bonds is 9. The van der Waals surface area contributed by atoms with Gasteiger partial charge in [0.05, 0.1) is 6.61 Å². The molecule has 21 heavy (non-hydrogen) atoms. The van der Waals surface area contributed by atoms with E-state index in [-0.39, 0.29) is 5.91 Å². The van der Waals surface area contributed by atoms with Crippen LogP contribution in [0.4, 0.5) is 5.95 Å². The second-order valence-electron chi connectivity index (χ2n) is 5.05. The maximum absolute atomic E-state index is 12.0. The smallest absolute Gasteiger partial charge is 0.270 e. The monoisotopic (exact) mass is 295 g/mol. The Kier molecular flexibility index (Phi) is 7.63. The average molecular weight is 295 g/mol. The number of anilines is 1. The quantitative estimate of drug-likeness (QED) is 0.647. The second-order valence-corrected chi connectivity index (χ2v) is 5.05. The van der Waals surface area contributed by atoms with Gasteiger partial charge in [0.2, 0.25) is 5.95 Å². The first kappa shape index (κ1) is 17.3. The van der Waals surface area contributed by atoms with Gasteiger partial charge >= 0.3 is 0 Å². The van der Waals surface area contributed by atoms with Gasteiger partial charge in [0, 0.05) is 25.9 Å². The summed E-state index contributed by atoms with van der Waals surface area (Å²) >= 11 is 0. The van der Waals surface area contributed by atoms with Crippen molar-refractivity contribution in [3.63, 3.8) is 0 Å². The SMILES string of the molecule is COCCNC(=O)c1cc(C)nc(NCCCN(C)C)n1. The van der Waals surface area contributed by atoms with E-state index in [2.05, 4.69) is 25.5 Å². The number of ether oxygens (including phenoxy) is 1. The summed E-state index contributed by atoms with van der Waals surface area (Å²) in [6.45, 7) is 4.55. The number of methoxy groups -OCH3 is 1. The molecule has 1 aromatic rings. The number of hydrogen-bond donors (Lipinski definition) is 2. The second kappa shape index (κ2) is 9.25. The van der Waals surface area contributed by atoms with Crippen LogP contribution in [0, 0.1) is 6.92 Å². The number of aryl methyl sites for hydroxylation is 1. The molecule has 1 rings (SSSR count). The average Bonchev–Trinajstić information content (AvgIpc) is 2.43. The van der Waals surface area contributed by atoms with Crippen molar-refractivity contribution in [2.45, 2.75) is 13.3 Å². The van der Waals surface area contributed by atoms with E-state index >= 15 is 0 Å². The molecule has 0 aromatic carbocycles. The first-order chi connectivity index (χ1) is 10.0. The molecule has 2 N–H and O–H groups in total. The molecular weight excluding hydrogens is 270 g/mol. The number of nitrogens with zero attached hydrogens (tertiary/aromatic N) is 3. The standard InChI is InChI=1S/C14H25N5O2/c1-11-10-12(13(20)15-7-9-21-4)18-14(17-11)16-6-5-8-19(2)3/h10H,5-9H2,1-4H3,(H,15,20)(H,16,17,18). The molecule has 0 radical (unpaired) electrons. The van der Waals surface area contributed by atoms with Crippen molar-refractivity contribution in [2.24, 2.45) is 0 Å². The summed E-state index contributed by atoms with van der Waals surface area (Å²) in [5, 5.41) is 5.90. The highest BCUT2D eigenvalue weighted by Crippen LogP contribution is 2.05. The van der Waals surface area contributed by atoms with Gasteiger partial charge in [-0.15, -0.1) is 0 Å². The fourth-order valence-electron chi connectivity index (χ4n) is 1.72. The Morgan fingerprint density at radius 1 is 1.33 bits per heavy atom. The Morgan fingerprint density at radius 3 is 2.76 bits per heavy atom. The van der Waals surface area contributed by atoms with Gasteiger partial charge in [-0.1, -0.05) is 0 Å². The number of nitrogens with one attached hydrogen (secondary N) is 2. The zero-order chi connectivity index (χ0) is 15.7. The molecule has 1 aromatic heterocycles. The van der Waals surface area contributed by atoms with Gasteiger partial charge in [-0.3, -0.25) is 4.79 Å². The lowest BCUT2D eigenvalue weighted by Crippen LogP contribution is -2.28. The van der Waals surface area contributed by atoms with Crippen LogP contribution in [0.15, 0.2) is 6.07 Å². The summed E-state index contributed by atoms with van der Waals surface area (Å²) in [7, 11) is 5.66. The molecule has 0 saturated heterocycles. The minimum Gasteiger partial charge on any atom is -0.383 e. The van der Waals surface area contributed by atoms with Crippen LogP contribution in [0.2, 0.25) is 0 Å². The van der Waals surface area contributed by atoms with Gasteiger partial charge in [-0.05, 0) is 40.1 Å². The highest BCUT2D eigenvalue weighted by atomic mass is 16.5. The minimum atomic E-state index is -0.214. The molecule has 0 bridgehead atoms. The van der Waals surface area contributed by atoms with E-state index in [4.69, 9.17) is 4.74 Å². The molecule has 1 amide bonds. The number of hydrogen-bond acceptors (Lipinski definition) is 6. The van der Waals surface area contributed by atoms with Crippen molar-refractivity contribution in [2.75, 3.05) is 52.8 Å². The highest BCUT2D eigenvalue weighted by molar-refractivity contribution is 5.92. The number of amides is 1. The van der Waals surface area contributed by atoms with E-state index in [1.165, 1.54) is 0 Å². The fourth-order valence-corrected chi connectivity index (χ4v) is 1.72. The van der Waals surface area contributed by atoms with E-state index in [0.717, 1.165) is 25.2 Å². The first-order valence-corrected chi connectivity index (χ1v) is 7.04. The third kappa shape index (κ3) is 7.01. The Bertz CT molecular complexity index is 451. The zero-order valence-corrected chi connectivity index (χ0v) is 13.3. The third-order valence-corrected chi connectivity index (χ3v) is 2.74. The van der Waals surface area contributed by atoms with E-state index in [1.54, 1.807) is 13.2 Å². The van der Waals surface area contributed by atoms with Crippen LogP contribution in [0.5, 0.6) is 0 Å². The maximum atomic E-state index is 12.0. The third-order valence-electron chi connectivity index (χ3n) is 2.74. The summed E-state index contributed by atoms with van der Waals surface area (Å²) in [6, 6.07) is 1.67. The fraction of sp³-hybridized carbons (Fsp3) is 0.643. The van der Waals surface area contributed by atoms with Gasteiger partial charge in [0.25, 0.3) is 5.91 Å². The molecule has 0 aliphatic carbocycles. The largest absolute Gasteiger partial charge is 0.383 e. The highest BCUT2D eigenvalue weighted by Gasteiger charge is 2.09. The summed E-state index contributed by atoms with van der Waals surface area (Å²) in [4.78, 5) is 22.6. The van der Waals surface area contributed by atoms with Crippen LogP contribution in [0.25, 0.3) is 0 Å². The zero-order valence-electron chi connectivity index (χ0n) is 13.3. The molecular formula is C14H25N5O2. The molecule has 118 valence electrons. The normalized spacial score (nSPS) is 10.7. The van der Waals surface area contributed by atoms with Crippen molar-refractivity contribution >= 4 is 11.9 Å². The molecule has 7 nitrogen and oxygen atoms in total. The van der Waals surface area contributed by atoms with E-state index in [0.29, 0.717) is 24.8 Å². The van der Waals surface area contributed by atoms with Crippen LogP contribution < -0.4 is 10.6 Å². The Morgan fingerprint density at radius 2 is 2.10 bits per heavy atom. The topological polar surface area (TPSA) is 79.4 Å². The van der Waals surface area contributed by atoms with Crippen molar-refractivity contribution in [1.29, 1.82) is 0 Å². The summed E-state index contributed by atoms with van der Waals surface area (Å²) < 4.78 is 4.90. The molecule has 0 atom stereocenters. The van der Waals surface area contributed by atoms with E-state index < -0.39 is 0 Å². The Hall–Kier alpha value is -1.73. The lowest BCUT2D eigenvalue weighted by atomic mass is 10.3. The molecule has 0 aliphatic rings. The van der Waals surface area contributed by atoms with Gasteiger partial charge in [0.1, 0.15) is 5.69 Å². The minimum absolute atomic E-state index is 0.214. The van der Waals surface area contributed by atoms with Crippen LogP contribution in [-0.4, -0.2) is 68.2 Å². The lowest BCUT2D eigenvalue weighted by molar-refractivity contribution is 0.0932. The van der Waals surface area contributed by atoms with Crippen molar-refractivity contribution < 1.29 is 9.53 Å². The van der Waals surface area contributed by atoms with Crippen LogP contribution in [0.1, 0.15) is 22.6 Å². The predicted octanol–water partition coefficient (Wildman–Crippen LogP) is 0.525. The molecule has 0 saturated carbocycles. The molecule has 0 unspecified atom stereocenters. The number of aromatic nitrogens is 2. The molecule has 1 heterocycles. The van der Waals surface area contributed by atoms with Crippen LogP contribution in [0.3, 0.4) is 0 Å². The van der Waals surface area contributed by atoms with Gasteiger partial charge in [0.15, 0.2) is 0 Å². The Labute approximate surface area is 126 Å². The molecule has 7 heteroatoms. The van der Waals surface area contributed by atoms with Gasteiger partial charge < -0.3 is 20.3 Å². The first-order valence-electron chi connectivity index (χ1n) is 7.04. The molecule has 0 fully saturated rings. The van der Waals surface area contributed by atoms with Crippen LogP contribution in [-0.2, 0) is 4.74 Å². The molecule has 0 spiro atoms. The summed E-state index contributed by atoms with van der Waals surface area (Å²) in [5.41, 5.74) is 1.13. The van der Waals surface area contributed by atoms with E-state index in [1.807, 2.05) is 21.0 Å². The van der Waals surface area contributed by atoms with Gasteiger partial charge in [-0.25, -0.2) is 9.97 Å². The lowest BCUT2D eigenvalue weighted by Gasteiger charge is -2.11. The number of carbonyl (C=O) groups is 1. The van der Waals surface area contributed by atoms with Crippen LogP contribution >= 0.6 is 0 Å². The summed E-state index contributed by atoms with van der Waals surface area (Å²) in [5.74, 6) is 0.277. The summed E-state index contributed by atoms with van der Waals surface area (Å²) in [6.07, 6.45) is 0.986. The number of carbonyl (C=O) groups excluding carboxylic acids is 1. The molecule has 0 aliphatic heterocycles. The van der Waals surface area contributed by atoms with Crippen molar-refractivity contribution in [3.8, 4) is 0 Å². The Balaban J connectivity index is 2.56. The van der Waals surface area contributed by atoms with E-state index in [9.17, 15) is 4.79 Å². The van der Waals surface area contributed by atoms with Crippen molar-refractivity contribution in [1.82, 2.24) is 20.2 Å². The maximum Gasteiger partial charge on any atom is 0.270 e. The van der Waals surface area contributed by atoms with Crippen molar-refractivity contribution in [3.05, 3.63) is 17.5 Å².